The van der Waals surface area contributed by atoms with Gasteiger partial charge >= 0.3 is 0 Å². The van der Waals surface area contributed by atoms with Crippen molar-refractivity contribution in [3.8, 4) is 5.69 Å². The molecule has 0 aliphatic carbocycles. The number of benzene rings is 1. The van der Waals surface area contributed by atoms with E-state index in [2.05, 4.69) is 19.7 Å². The Morgan fingerprint density at radius 2 is 1.96 bits per heavy atom. The molecule has 4 rings (SSSR count). The number of imidazole rings is 1. The average molecular weight is 308 g/mol. The summed E-state index contributed by atoms with van der Waals surface area (Å²) in [5.41, 5.74) is 1.48. The van der Waals surface area contributed by atoms with Gasteiger partial charge in [0.05, 0.1) is 19.1 Å². The van der Waals surface area contributed by atoms with Crippen LogP contribution < -0.4 is 0 Å². The van der Waals surface area contributed by atoms with E-state index in [0.29, 0.717) is 18.8 Å². The fraction of sp³-hybridized carbons (Fsp3) is 0.250. The monoisotopic (exact) mass is 308 g/mol. The normalized spacial score (nSPS) is 13.9. The lowest BCUT2D eigenvalue weighted by Crippen LogP contribution is -2.39. The van der Waals surface area contributed by atoms with Crippen LogP contribution in [0.2, 0.25) is 0 Å². The van der Waals surface area contributed by atoms with Gasteiger partial charge in [-0.3, -0.25) is 9.36 Å². The SMILES string of the molecule is Cc1nnc2n1CCN(C(=O)c1cncn1-c1ccccc1)C2. The second-order valence-electron chi connectivity index (χ2n) is 5.53. The van der Waals surface area contributed by atoms with Crippen molar-refractivity contribution in [3.05, 3.63) is 60.2 Å². The molecule has 0 bridgehead atoms. The summed E-state index contributed by atoms with van der Waals surface area (Å²) in [5.74, 6) is 1.67. The zero-order chi connectivity index (χ0) is 15.8. The van der Waals surface area contributed by atoms with Crippen LogP contribution in [0.15, 0.2) is 42.9 Å². The van der Waals surface area contributed by atoms with E-state index in [-0.39, 0.29) is 5.91 Å². The fourth-order valence-corrected chi connectivity index (χ4v) is 2.89. The number of amides is 1. The zero-order valence-corrected chi connectivity index (χ0v) is 12.8. The molecule has 1 amide bonds. The van der Waals surface area contributed by atoms with Crippen molar-refractivity contribution in [3.63, 3.8) is 0 Å². The molecule has 23 heavy (non-hydrogen) atoms. The summed E-state index contributed by atoms with van der Waals surface area (Å²) < 4.78 is 3.87. The third-order valence-corrected chi connectivity index (χ3v) is 4.12. The van der Waals surface area contributed by atoms with Gasteiger partial charge in [-0.2, -0.15) is 0 Å². The molecule has 0 atom stereocenters. The van der Waals surface area contributed by atoms with Crippen molar-refractivity contribution in [2.24, 2.45) is 0 Å². The molecule has 0 unspecified atom stereocenters. The summed E-state index contributed by atoms with van der Waals surface area (Å²) in [5, 5.41) is 8.22. The van der Waals surface area contributed by atoms with E-state index in [1.54, 1.807) is 17.4 Å². The number of hydrogen-bond acceptors (Lipinski definition) is 4. The van der Waals surface area contributed by atoms with Crippen LogP contribution in [0.25, 0.3) is 5.69 Å². The number of rotatable bonds is 2. The molecule has 0 fully saturated rings. The Morgan fingerprint density at radius 1 is 1.13 bits per heavy atom. The van der Waals surface area contributed by atoms with Crippen molar-refractivity contribution >= 4 is 5.91 Å². The van der Waals surface area contributed by atoms with E-state index in [9.17, 15) is 4.79 Å². The number of hydrogen-bond donors (Lipinski definition) is 0. The predicted octanol–water partition coefficient (Wildman–Crippen LogP) is 1.43. The first-order valence-electron chi connectivity index (χ1n) is 7.50. The molecule has 1 aliphatic rings. The van der Waals surface area contributed by atoms with Gasteiger partial charge in [0.2, 0.25) is 0 Å². The van der Waals surface area contributed by atoms with E-state index in [0.717, 1.165) is 23.9 Å². The Balaban J connectivity index is 1.63. The summed E-state index contributed by atoms with van der Waals surface area (Å²) in [4.78, 5) is 18.8. The van der Waals surface area contributed by atoms with Crippen molar-refractivity contribution in [2.75, 3.05) is 6.54 Å². The smallest absolute Gasteiger partial charge is 0.272 e. The molecule has 0 spiro atoms. The van der Waals surface area contributed by atoms with Gasteiger partial charge in [0.25, 0.3) is 5.91 Å². The fourth-order valence-electron chi connectivity index (χ4n) is 2.89. The van der Waals surface area contributed by atoms with Crippen LogP contribution in [0.1, 0.15) is 22.1 Å². The lowest BCUT2D eigenvalue weighted by molar-refractivity contribution is 0.0698. The highest BCUT2D eigenvalue weighted by atomic mass is 16.2. The maximum absolute atomic E-state index is 12.9. The molecule has 0 N–H and O–H groups in total. The molecule has 116 valence electrons. The highest BCUT2D eigenvalue weighted by Crippen LogP contribution is 2.17. The number of nitrogens with zero attached hydrogens (tertiary/aromatic N) is 6. The van der Waals surface area contributed by atoms with Gasteiger partial charge in [0.15, 0.2) is 5.82 Å². The topological polar surface area (TPSA) is 68.8 Å². The molecule has 0 radical (unpaired) electrons. The number of para-hydroxylation sites is 1. The first-order chi connectivity index (χ1) is 11.2. The van der Waals surface area contributed by atoms with Gasteiger partial charge in [-0.15, -0.1) is 10.2 Å². The van der Waals surface area contributed by atoms with Gasteiger partial charge in [-0.1, -0.05) is 18.2 Å². The summed E-state index contributed by atoms with van der Waals surface area (Å²) in [7, 11) is 0. The van der Waals surface area contributed by atoms with Crippen LogP contribution in [-0.4, -0.2) is 41.7 Å². The van der Waals surface area contributed by atoms with Crippen LogP contribution in [0.4, 0.5) is 0 Å². The molecular weight excluding hydrogens is 292 g/mol. The molecular formula is C16H16N6O. The third kappa shape index (κ3) is 2.30. The van der Waals surface area contributed by atoms with E-state index in [1.165, 1.54) is 0 Å². The Bertz CT molecular complexity index is 851. The quantitative estimate of drug-likeness (QED) is 0.718. The summed E-state index contributed by atoms with van der Waals surface area (Å²) >= 11 is 0. The van der Waals surface area contributed by atoms with Crippen molar-refractivity contribution in [2.45, 2.75) is 20.0 Å². The summed E-state index contributed by atoms with van der Waals surface area (Å²) in [6.07, 6.45) is 3.28. The van der Waals surface area contributed by atoms with Crippen LogP contribution in [0.3, 0.4) is 0 Å². The van der Waals surface area contributed by atoms with E-state index in [1.807, 2.05) is 41.8 Å². The van der Waals surface area contributed by atoms with Gasteiger partial charge in [-0.05, 0) is 19.1 Å². The first-order valence-corrected chi connectivity index (χ1v) is 7.50. The molecule has 0 saturated heterocycles. The Hall–Kier alpha value is -2.96. The van der Waals surface area contributed by atoms with Crippen molar-refractivity contribution in [1.29, 1.82) is 0 Å². The lowest BCUT2D eigenvalue weighted by Gasteiger charge is -2.27. The molecule has 0 saturated carbocycles. The summed E-state index contributed by atoms with van der Waals surface area (Å²) in [6, 6.07) is 9.73. The van der Waals surface area contributed by atoms with E-state index in [4.69, 9.17) is 0 Å². The minimum Gasteiger partial charge on any atom is -0.328 e. The van der Waals surface area contributed by atoms with Gasteiger partial charge in [0.1, 0.15) is 11.5 Å². The number of carbonyl (C=O) groups is 1. The van der Waals surface area contributed by atoms with Crippen molar-refractivity contribution < 1.29 is 4.79 Å². The molecule has 7 heteroatoms. The van der Waals surface area contributed by atoms with E-state index >= 15 is 0 Å². The minimum atomic E-state index is -0.0433. The minimum absolute atomic E-state index is 0.0433. The van der Waals surface area contributed by atoms with Gasteiger partial charge < -0.3 is 9.47 Å². The van der Waals surface area contributed by atoms with Crippen LogP contribution in [-0.2, 0) is 13.1 Å². The second-order valence-corrected chi connectivity index (χ2v) is 5.53. The van der Waals surface area contributed by atoms with E-state index < -0.39 is 0 Å². The number of aryl methyl sites for hydroxylation is 1. The standard InChI is InChI=1S/C16H16N6O/c1-12-18-19-15-10-20(7-8-21(12)15)16(23)14-9-17-11-22(14)13-5-3-2-4-6-13/h2-6,9,11H,7-8,10H2,1H3. The van der Waals surface area contributed by atoms with Crippen LogP contribution >= 0.6 is 0 Å². The molecule has 1 aromatic carbocycles. The van der Waals surface area contributed by atoms with Crippen molar-refractivity contribution in [1.82, 2.24) is 29.2 Å². The molecule has 2 aromatic heterocycles. The molecule has 1 aliphatic heterocycles. The zero-order valence-electron chi connectivity index (χ0n) is 12.8. The highest BCUT2D eigenvalue weighted by Gasteiger charge is 2.26. The number of aromatic nitrogens is 5. The van der Waals surface area contributed by atoms with Gasteiger partial charge in [0, 0.05) is 18.8 Å². The predicted molar refractivity (Wildman–Crippen MR) is 83.1 cm³/mol. The lowest BCUT2D eigenvalue weighted by atomic mass is 10.2. The Morgan fingerprint density at radius 3 is 2.78 bits per heavy atom. The number of fused-ring (bicyclic) bond motifs is 1. The largest absolute Gasteiger partial charge is 0.328 e. The highest BCUT2D eigenvalue weighted by molar-refractivity contribution is 5.93. The maximum Gasteiger partial charge on any atom is 0.272 e. The Labute approximate surface area is 133 Å². The molecule has 3 aromatic rings. The molecule has 7 nitrogen and oxygen atoms in total. The average Bonchev–Trinajstić information content (AvgIpc) is 3.22. The maximum atomic E-state index is 12.9. The summed E-state index contributed by atoms with van der Waals surface area (Å²) in [6.45, 7) is 3.77. The van der Waals surface area contributed by atoms with Crippen LogP contribution in [0, 0.1) is 6.92 Å². The van der Waals surface area contributed by atoms with Crippen LogP contribution in [0.5, 0.6) is 0 Å². The second kappa shape index (κ2) is 5.35. The third-order valence-electron chi connectivity index (χ3n) is 4.12. The molecule has 3 heterocycles. The Kier molecular flexibility index (Phi) is 3.18. The first kappa shape index (κ1) is 13.7. The number of carbonyl (C=O) groups excluding carboxylic acids is 1. The van der Waals surface area contributed by atoms with Gasteiger partial charge in [-0.25, -0.2) is 4.98 Å².